The summed E-state index contributed by atoms with van der Waals surface area (Å²) in [5, 5.41) is 29.7. The van der Waals surface area contributed by atoms with Crippen molar-refractivity contribution in [2.75, 3.05) is 0 Å². The van der Waals surface area contributed by atoms with Crippen molar-refractivity contribution < 1.29 is 15.0 Å². The van der Waals surface area contributed by atoms with Gasteiger partial charge in [-0.15, -0.1) is 0 Å². The fourth-order valence-corrected chi connectivity index (χ4v) is 6.01. The average Bonchev–Trinajstić information content (AvgIpc) is 3.10. The van der Waals surface area contributed by atoms with E-state index >= 15 is 0 Å². The summed E-state index contributed by atoms with van der Waals surface area (Å²) in [4.78, 5) is 40.0. The Morgan fingerprint density at radius 2 is 0.886 bits per heavy atom. The molecule has 0 unspecified atom stereocenters. The fraction of sp³-hybridized carbons (Fsp3) is 0.286. The molecule has 4 aromatic carbocycles. The molecule has 2 N–H and O–H groups in total. The minimum atomic E-state index is -1.26. The highest BCUT2D eigenvalue weighted by molar-refractivity contribution is 5.76. The van der Waals surface area contributed by atoms with Gasteiger partial charge >= 0.3 is 6.03 Å². The van der Waals surface area contributed by atoms with Crippen LogP contribution in [0.5, 0.6) is 0 Å². The Morgan fingerprint density at radius 3 is 1.27 bits per heavy atom. The summed E-state index contributed by atoms with van der Waals surface area (Å²) in [6.45, 7) is 0.314. The van der Waals surface area contributed by atoms with Crippen LogP contribution in [-0.2, 0) is 39.0 Å². The molecule has 9 nitrogen and oxygen atoms in total. The van der Waals surface area contributed by atoms with Gasteiger partial charge in [-0.1, -0.05) is 120 Å². The summed E-state index contributed by atoms with van der Waals surface area (Å²) in [6, 6.07) is 32.0. The molecular weight excluding hydrogens is 556 g/mol. The molecule has 0 bridgehead atoms. The van der Waals surface area contributed by atoms with E-state index in [0.29, 0.717) is 12.8 Å². The topological polar surface area (TPSA) is 123 Å². The monoisotopic (exact) mass is 592 g/mol. The van der Waals surface area contributed by atoms with Crippen molar-refractivity contribution in [1.82, 2.24) is 9.80 Å². The van der Waals surface area contributed by atoms with Crippen molar-refractivity contribution >= 4 is 6.03 Å². The Balaban J connectivity index is 1.59. The van der Waals surface area contributed by atoms with Crippen LogP contribution < -0.4 is 0 Å². The van der Waals surface area contributed by atoms with Crippen LogP contribution in [0, 0.1) is 9.81 Å². The molecule has 1 aliphatic heterocycles. The summed E-state index contributed by atoms with van der Waals surface area (Å²) in [7, 11) is 0. The van der Waals surface area contributed by atoms with Gasteiger partial charge in [0.1, 0.15) is 25.3 Å². The SMILES string of the molecule is O=NCc1cccc(CN2C(=O)N(Cc3cccc(CN=O)c3)[C@H](Cc3ccccc3)[C@H](O)[C@@H](O)[C@H]2Cc2ccccc2)c1. The maximum absolute atomic E-state index is 14.8. The number of carbonyl (C=O) groups excluding carboxylic acids is 1. The lowest BCUT2D eigenvalue weighted by Gasteiger charge is -2.36. The lowest BCUT2D eigenvalue weighted by Crippen LogP contribution is -2.50. The Morgan fingerprint density at radius 1 is 0.523 bits per heavy atom. The molecule has 1 heterocycles. The smallest absolute Gasteiger partial charge is 0.321 e. The van der Waals surface area contributed by atoms with Crippen molar-refractivity contribution in [2.24, 2.45) is 10.4 Å². The van der Waals surface area contributed by atoms with E-state index in [9.17, 15) is 24.8 Å². The lowest BCUT2D eigenvalue weighted by atomic mass is 9.91. The highest BCUT2D eigenvalue weighted by atomic mass is 16.3. The number of nitroso groups, excluding NO2 is 2. The molecule has 0 aliphatic carbocycles. The van der Waals surface area contributed by atoms with Crippen LogP contribution in [0.3, 0.4) is 0 Å². The third kappa shape index (κ3) is 7.42. The Bertz CT molecular complexity index is 1440. The van der Waals surface area contributed by atoms with Crippen molar-refractivity contribution in [3.05, 3.63) is 152 Å². The molecule has 0 aromatic heterocycles. The van der Waals surface area contributed by atoms with Crippen LogP contribution in [0.2, 0.25) is 0 Å². The summed E-state index contributed by atoms with van der Waals surface area (Å²) >= 11 is 0. The van der Waals surface area contributed by atoms with E-state index < -0.39 is 24.3 Å². The number of nitrogens with zero attached hydrogens (tertiary/aromatic N) is 4. The number of hydrogen-bond donors (Lipinski definition) is 2. The quantitative estimate of drug-likeness (QED) is 0.207. The number of urea groups is 1. The second-order valence-electron chi connectivity index (χ2n) is 11.2. The van der Waals surface area contributed by atoms with E-state index in [1.54, 1.807) is 21.9 Å². The van der Waals surface area contributed by atoms with E-state index in [2.05, 4.69) is 10.4 Å². The van der Waals surface area contributed by atoms with E-state index in [1.165, 1.54) is 0 Å². The van der Waals surface area contributed by atoms with Gasteiger partial charge in [0.25, 0.3) is 0 Å². The first-order valence-corrected chi connectivity index (χ1v) is 14.7. The molecule has 1 aliphatic rings. The van der Waals surface area contributed by atoms with E-state index in [-0.39, 0.29) is 32.2 Å². The average molecular weight is 593 g/mol. The summed E-state index contributed by atoms with van der Waals surface area (Å²) in [6.07, 6.45) is -1.87. The van der Waals surface area contributed by atoms with Crippen molar-refractivity contribution in [3.8, 4) is 0 Å². The largest absolute Gasteiger partial charge is 0.388 e. The molecule has 1 fully saturated rings. The van der Waals surface area contributed by atoms with Crippen molar-refractivity contribution in [1.29, 1.82) is 0 Å². The standard InChI is InChI=1S/C35H36N4O5/c40-33-31(19-25-9-3-1-4-10-25)38(23-29-15-7-13-27(17-29)21-36-43)35(42)39(24-30-16-8-14-28(18-30)22-37-44)32(34(33)41)20-26-11-5-2-6-12-26/h1-18,31-34,40-41H,19-24H2/t31-,32-,33+,34+/m1/s1. The van der Waals surface area contributed by atoms with Gasteiger partial charge in [0.15, 0.2) is 0 Å². The number of rotatable bonds is 12. The van der Waals surface area contributed by atoms with Crippen LogP contribution in [0.4, 0.5) is 4.79 Å². The molecule has 226 valence electrons. The van der Waals surface area contributed by atoms with Gasteiger partial charge in [-0.3, -0.25) is 0 Å². The second kappa shape index (κ2) is 14.6. The minimum Gasteiger partial charge on any atom is -0.388 e. The Kier molecular flexibility index (Phi) is 10.2. The fourth-order valence-electron chi connectivity index (χ4n) is 6.01. The molecular formula is C35H36N4O5. The molecule has 4 aromatic rings. The number of hydrogen-bond acceptors (Lipinski definition) is 7. The number of benzene rings is 4. The molecule has 4 atom stereocenters. The highest BCUT2D eigenvalue weighted by Crippen LogP contribution is 2.30. The molecule has 0 saturated carbocycles. The van der Waals surface area contributed by atoms with Crippen molar-refractivity contribution in [3.63, 3.8) is 0 Å². The first kappa shape index (κ1) is 30.7. The summed E-state index contributed by atoms with van der Waals surface area (Å²) in [5.41, 5.74) is 4.84. The molecule has 2 amide bonds. The third-order valence-corrected chi connectivity index (χ3v) is 8.19. The predicted molar refractivity (Wildman–Crippen MR) is 168 cm³/mol. The number of aliphatic hydroxyl groups excluding tert-OH is 2. The minimum absolute atomic E-state index is 0.00777. The molecule has 5 rings (SSSR count). The van der Waals surface area contributed by atoms with Gasteiger partial charge in [-0.05, 0) is 46.2 Å². The molecule has 9 heteroatoms. The van der Waals surface area contributed by atoms with Crippen LogP contribution in [0.15, 0.2) is 120 Å². The van der Waals surface area contributed by atoms with E-state index in [1.807, 2.05) is 97.1 Å². The van der Waals surface area contributed by atoms with Gasteiger partial charge in [-0.25, -0.2) is 4.79 Å². The maximum Gasteiger partial charge on any atom is 0.321 e. The van der Waals surface area contributed by atoms with E-state index in [4.69, 9.17) is 0 Å². The van der Waals surface area contributed by atoms with Crippen LogP contribution >= 0.6 is 0 Å². The number of carbonyl (C=O) groups is 1. The predicted octanol–water partition coefficient (Wildman–Crippen LogP) is 5.60. The second-order valence-corrected chi connectivity index (χ2v) is 11.2. The number of aliphatic hydroxyl groups is 2. The zero-order chi connectivity index (χ0) is 30.9. The van der Waals surface area contributed by atoms with Gasteiger partial charge in [0.2, 0.25) is 0 Å². The molecule has 44 heavy (non-hydrogen) atoms. The van der Waals surface area contributed by atoms with E-state index in [0.717, 1.165) is 33.4 Å². The van der Waals surface area contributed by atoms with Gasteiger partial charge in [0, 0.05) is 13.1 Å². The summed E-state index contributed by atoms with van der Waals surface area (Å²) in [5.74, 6) is 0. The highest BCUT2D eigenvalue weighted by Gasteiger charge is 2.46. The first-order chi connectivity index (χ1) is 21.5. The first-order valence-electron chi connectivity index (χ1n) is 14.7. The van der Waals surface area contributed by atoms with Crippen LogP contribution in [0.1, 0.15) is 33.4 Å². The maximum atomic E-state index is 14.8. The third-order valence-electron chi connectivity index (χ3n) is 8.19. The van der Waals surface area contributed by atoms with Gasteiger partial charge in [-0.2, -0.15) is 9.81 Å². The van der Waals surface area contributed by atoms with Crippen molar-refractivity contribution in [2.45, 2.75) is 63.3 Å². The molecule has 0 radical (unpaired) electrons. The zero-order valence-corrected chi connectivity index (χ0v) is 24.4. The normalized spacial score (nSPS) is 20.3. The Labute approximate surface area is 256 Å². The Hall–Kier alpha value is -4.73. The molecule has 0 spiro atoms. The molecule has 1 saturated heterocycles. The summed E-state index contributed by atoms with van der Waals surface area (Å²) < 4.78 is 0. The zero-order valence-electron chi connectivity index (χ0n) is 24.4. The number of amides is 2. The van der Waals surface area contributed by atoms with Gasteiger partial charge < -0.3 is 20.0 Å². The van der Waals surface area contributed by atoms with Crippen LogP contribution in [0.25, 0.3) is 0 Å². The van der Waals surface area contributed by atoms with Crippen LogP contribution in [-0.4, -0.2) is 50.3 Å². The van der Waals surface area contributed by atoms with Gasteiger partial charge in [0.05, 0.1) is 12.1 Å². The lowest BCUT2D eigenvalue weighted by molar-refractivity contribution is -0.0408.